The van der Waals surface area contributed by atoms with Crippen LogP contribution in [0.5, 0.6) is 5.75 Å². The standard InChI is InChI=1S/C30H34N2O4S/c1-22-20-24(27-9-5-6-10-28(27)31-22)21-36-25-11-13-26(14-12-25)37(34,35)19-7-8-23-15-17-32(18-16-23)29(33)30(2,3)4/h5-14,19-20H,15-18,21H2,1-4H3. The SMILES string of the molecule is Cc1cc(COc2ccc(S(=O)(=O)C=CC=C3CCN(C(=O)C(C)(C)C)CC3)cc2)c2ccccc2n1. The minimum Gasteiger partial charge on any atom is -0.489 e. The molecule has 1 aliphatic rings. The summed E-state index contributed by atoms with van der Waals surface area (Å²) in [6.45, 7) is 9.43. The second-order valence-electron chi connectivity index (χ2n) is 10.4. The van der Waals surface area contributed by atoms with Gasteiger partial charge in [-0.25, -0.2) is 8.42 Å². The Morgan fingerprint density at radius 3 is 2.41 bits per heavy atom. The van der Waals surface area contributed by atoms with Gasteiger partial charge in [0, 0.05) is 40.6 Å². The molecule has 0 saturated carbocycles. The maximum absolute atomic E-state index is 12.8. The molecular formula is C30H34N2O4S. The van der Waals surface area contributed by atoms with Gasteiger partial charge in [0.05, 0.1) is 10.4 Å². The van der Waals surface area contributed by atoms with Crippen LogP contribution in [0.4, 0.5) is 0 Å². The van der Waals surface area contributed by atoms with Crippen molar-refractivity contribution in [3.8, 4) is 5.75 Å². The Hall–Kier alpha value is -3.45. The highest BCUT2D eigenvalue weighted by atomic mass is 32.2. The first-order valence-electron chi connectivity index (χ1n) is 12.5. The molecule has 7 heteroatoms. The fraction of sp³-hybridized carbons (Fsp3) is 0.333. The van der Waals surface area contributed by atoms with Gasteiger partial charge in [-0.05, 0) is 56.2 Å². The van der Waals surface area contributed by atoms with Crippen molar-refractivity contribution in [3.05, 3.63) is 89.0 Å². The first-order valence-corrected chi connectivity index (χ1v) is 14.1. The van der Waals surface area contributed by atoms with Gasteiger partial charge in [0.25, 0.3) is 0 Å². The summed E-state index contributed by atoms with van der Waals surface area (Å²) in [4.78, 5) is 19.1. The predicted octanol–water partition coefficient (Wildman–Crippen LogP) is 6.00. The summed E-state index contributed by atoms with van der Waals surface area (Å²) >= 11 is 0. The van der Waals surface area contributed by atoms with Gasteiger partial charge in [-0.15, -0.1) is 0 Å². The molecule has 0 radical (unpaired) electrons. The van der Waals surface area contributed by atoms with E-state index in [1.54, 1.807) is 30.3 Å². The van der Waals surface area contributed by atoms with E-state index in [0.717, 1.165) is 40.6 Å². The molecule has 0 unspecified atom stereocenters. The van der Waals surface area contributed by atoms with E-state index in [0.29, 0.717) is 25.4 Å². The van der Waals surface area contributed by atoms with E-state index in [2.05, 4.69) is 4.98 Å². The van der Waals surface area contributed by atoms with E-state index in [-0.39, 0.29) is 16.2 Å². The molecule has 1 fully saturated rings. The Bertz CT molecular complexity index is 1440. The lowest BCUT2D eigenvalue weighted by Gasteiger charge is -2.33. The summed E-state index contributed by atoms with van der Waals surface area (Å²) in [5.74, 6) is 0.751. The molecule has 1 saturated heterocycles. The van der Waals surface area contributed by atoms with Crippen LogP contribution in [0.15, 0.2) is 82.6 Å². The Labute approximate surface area is 219 Å². The summed E-state index contributed by atoms with van der Waals surface area (Å²) in [5, 5.41) is 2.27. The number of sulfone groups is 1. The van der Waals surface area contributed by atoms with Gasteiger partial charge in [-0.3, -0.25) is 9.78 Å². The third-order valence-electron chi connectivity index (χ3n) is 6.40. The molecule has 6 nitrogen and oxygen atoms in total. The molecule has 2 heterocycles. The molecule has 0 aliphatic carbocycles. The normalized spacial score (nSPS) is 14.8. The summed E-state index contributed by atoms with van der Waals surface area (Å²) in [6, 6.07) is 16.4. The topological polar surface area (TPSA) is 76.6 Å². The summed E-state index contributed by atoms with van der Waals surface area (Å²) in [6.07, 6.45) is 4.96. The van der Waals surface area contributed by atoms with Crippen molar-refractivity contribution < 1.29 is 17.9 Å². The number of aromatic nitrogens is 1. The van der Waals surface area contributed by atoms with Crippen LogP contribution in [0, 0.1) is 12.3 Å². The van der Waals surface area contributed by atoms with Crippen LogP contribution in [0.25, 0.3) is 10.9 Å². The maximum Gasteiger partial charge on any atom is 0.227 e. The lowest BCUT2D eigenvalue weighted by molar-refractivity contribution is -0.139. The van der Waals surface area contributed by atoms with Crippen molar-refractivity contribution in [3.63, 3.8) is 0 Å². The van der Waals surface area contributed by atoms with Gasteiger partial charge in [0.1, 0.15) is 12.4 Å². The number of hydrogen-bond acceptors (Lipinski definition) is 5. The number of hydrogen-bond donors (Lipinski definition) is 0. The molecule has 1 aliphatic heterocycles. The Balaban J connectivity index is 1.36. The molecule has 194 valence electrons. The number of rotatable bonds is 6. The number of amides is 1. The van der Waals surface area contributed by atoms with Crippen LogP contribution in [-0.2, 0) is 21.2 Å². The van der Waals surface area contributed by atoms with Crippen LogP contribution >= 0.6 is 0 Å². The van der Waals surface area contributed by atoms with E-state index in [1.165, 1.54) is 5.41 Å². The van der Waals surface area contributed by atoms with E-state index in [9.17, 15) is 13.2 Å². The van der Waals surface area contributed by atoms with Gasteiger partial charge in [-0.1, -0.05) is 56.7 Å². The Kier molecular flexibility index (Phi) is 7.83. The van der Waals surface area contributed by atoms with E-state index >= 15 is 0 Å². The molecule has 0 N–H and O–H groups in total. The van der Waals surface area contributed by atoms with Gasteiger partial charge in [0.2, 0.25) is 5.91 Å². The molecule has 3 aromatic rings. The average Bonchev–Trinajstić information content (AvgIpc) is 2.87. The summed E-state index contributed by atoms with van der Waals surface area (Å²) < 4.78 is 31.5. The van der Waals surface area contributed by atoms with Crippen LogP contribution < -0.4 is 4.74 Å². The van der Waals surface area contributed by atoms with Crippen molar-refractivity contribution in [1.82, 2.24) is 9.88 Å². The Morgan fingerprint density at radius 2 is 1.73 bits per heavy atom. The van der Waals surface area contributed by atoms with Crippen molar-refractivity contribution in [1.29, 1.82) is 0 Å². The number of carbonyl (C=O) groups is 1. The zero-order chi connectivity index (χ0) is 26.6. The molecular weight excluding hydrogens is 484 g/mol. The van der Waals surface area contributed by atoms with Crippen molar-refractivity contribution in [2.45, 2.75) is 52.0 Å². The molecule has 37 heavy (non-hydrogen) atoms. The van der Waals surface area contributed by atoms with Gasteiger partial charge in [0.15, 0.2) is 9.84 Å². The first kappa shape index (κ1) is 26.6. The van der Waals surface area contributed by atoms with Crippen molar-refractivity contribution >= 4 is 26.6 Å². The molecule has 4 rings (SSSR count). The van der Waals surface area contributed by atoms with Crippen LogP contribution in [-0.4, -0.2) is 37.3 Å². The number of piperidine rings is 1. The van der Waals surface area contributed by atoms with Gasteiger partial charge < -0.3 is 9.64 Å². The minimum atomic E-state index is -3.58. The molecule has 1 amide bonds. The lowest BCUT2D eigenvalue weighted by atomic mass is 9.93. The van der Waals surface area contributed by atoms with E-state index in [4.69, 9.17) is 4.74 Å². The minimum absolute atomic E-state index is 0.154. The molecule has 0 spiro atoms. The van der Waals surface area contributed by atoms with E-state index in [1.807, 2.05) is 69.0 Å². The summed E-state index contributed by atoms with van der Waals surface area (Å²) in [7, 11) is -3.58. The van der Waals surface area contributed by atoms with Crippen molar-refractivity contribution in [2.24, 2.45) is 5.41 Å². The van der Waals surface area contributed by atoms with Crippen LogP contribution in [0.2, 0.25) is 0 Å². The third kappa shape index (κ3) is 6.66. The van der Waals surface area contributed by atoms with Crippen LogP contribution in [0.3, 0.4) is 0 Å². The predicted molar refractivity (Wildman–Crippen MR) is 147 cm³/mol. The number of para-hydroxylation sites is 1. The third-order valence-corrected chi connectivity index (χ3v) is 7.85. The van der Waals surface area contributed by atoms with Gasteiger partial charge in [-0.2, -0.15) is 0 Å². The number of fused-ring (bicyclic) bond motifs is 1. The molecule has 2 aromatic carbocycles. The monoisotopic (exact) mass is 518 g/mol. The number of allylic oxidation sites excluding steroid dienone is 2. The number of nitrogens with zero attached hydrogens (tertiary/aromatic N) is 2. The number of aryl methyl sites for hydroxylation is 1. The van der Waals surface area contributed by atoms with Crippen molar-refractivity contribution in [2.75, 3.05) is 13.1 Å². The average molecular weight is 519 g/mol. The fourth-order valence-corrected chi connectivity index (χ4v) is 5.35. The Morgan fingerprint density at radius 1 is 1.05 bits per heavy atom. The van der Waals surface area contributed by atoms with Crippen LogP contribution in [0.1, 0.15) is 44.9 Å². The highest BCUT2D eigenvalue weighted by Gasteiger charge is 2.28. The lowest BCUT2D eigenvalue weighted by Crippen LogP contribution is -2.42. The number of pyridine rings is 1. The summed E-state index contributed by atoms with van der Waals surface area (Å²) in [5.41, 5.74) is 3.64. The second kappa shape index (κ2) is 10.9. The highest BCUT2D eigenvalue weighted by molar-refractivity contribution is 7.94. The first-order chi connectivity index (χ1) is 17.5. The number of carbonyl (C=O) groups excluding carboxylic acids is 1. The second-order valence-corrected chi connectivity index (χ2v) is 12.3. The zero-order valence-corrected chi connectivity index (χ0v) is 22.7. The molecule has 0 atom stereocenters. The fourth-order valence-electron chi connectivity index (χ4n) is 4.40. The number of benzene rings is 2. The quantitative estimate of drug-likeness (QED) is 0.400. The number of likely N-dealkylation sites (tertiary alicyclic amines) is 1. The zero-order valence-electron chi connectivity index (χ0n) is 21.9. The molecule has 1 aromatic heterocycles. The van der Waals surface area contributed by atoms with E-state index < -0.39 is 9.84 Å². The van der Waals surface area contributed by atoms with Gasteiger partial charge >= 0.3 is 0 Å². The molecule has 0 bridgehead atoms. The smallest absolute Gasteiger partial charge is 0.227 e. The highest BCUT2D eigenvalue weighted by Crippen LogP contribution is 2.24. The maximum atomic E-state index is 12.8. The largest absolute Gasteiger partial charge is 0.489 e. The number of ether oxygens (including phenoxy) is 1.